The lowest BCUT2D eigenvalue weighted by Crippen LogP contribution is -2.12. The van der Waals surface area contributed by atoms with Crippen LogP contribution in [-0.4, -0.2) is 31.2 Å². The molecule has 0 heterocycles. The van der Waals surface area contributed by atoms with E-state index >= 15 is 0 Å². The molecule has 1 rings (SSSR count). The number of nitrogens with one attached hydrogen (secondary N) is 1. The van der Waals surface area contributed by atoms with Gasteiger partial charge in [0.15, 0.2) is 0 Å². The normalized spacial score (nSPS) is 12.3. The molecule has 0 aromatic heterocycles. The fourth-order valence-corrected chi connectivity index (χ4v) is 2.74. The summed E-state index contributed by atoms with van der Waals surface area (Å²) in [6.45, 7) is 4.85. The number of thioether (sulfide) groups is 1. The van der Waals surface area contributed by atoms with Gasteiger partial charge in [-0.1, -0.05) is 13.8 Å². The molecule has 0 spiro atoms. The molecule has 0 fully saturated rings. The Morgan fingerprint density at radius 1 is 1.26 bits per heavy atom. The molecule has 0 saturated carbocycles. The highest BCUT2D eigenvalue weighted by molar-refractivity contribution is 8.00. The molecule has 0 bridgehead atoms. The maximum absolute atomic E-state index is 8.70. The Labute approximate surface area is 119 Å². The lowest BCUT2D eigenvalue weighted by atomic mass is 10.1. The fraction of sp³-hybridized carbons (Fsp3) is 0.571. The monoisotopic (exact) mass is 285 g/mol. The van der Waals surface area contributed by atoms with Crippen molar-refractivity contribution >= 4 is 11.8 Å². The summed E-state index contributed by atoms with van der Waals surface area (Å²) in [6.07, 6.45) is 1.79. The Balaban J connectivity index is 3.04. The molecule has 2 N–H and O–H groups in total. The predicted molar refractivity (Wildman–Crippen MR) is 78.6 cm³/mol. The van der Waals surface area contributed by atoms with Gasteiger partial charge in [0.05, 0.1) is 19.1 Å². The van der Waals surface area contributed by atoms with Gasteiger partial charge in [0.1, 0.15) is 11.5 Å². The van der Waals surface area contributed by atoms with E-state index in [1.54, 1.807) is 26.0 Å². The first-order valence-electron chi connectivity index (χ1n) is 6.44. The van der Waals surface area contributed by atoms with Crippen LogP contribution >= 0.6 is 11.8 Å². The Hall–Kier alpha value is -0.910. The van der Waals surface area contributed by atoms with Crippen molar-refractivity contribution in [2.75, 3.05) is 20.8 Å². The first-order valence-corrected chi connectivity index (χ1v) is 7.32. The van der Waals surface area contributed by atoms with Crippen LogP contribution in [0.15, 0.2) is 17.0 Å². The molecule has 0 aliphatic heterocycles. The van der Waals surface area contributed by atoms with E-state index in [1.807, 2.05) is 12.1 Å². The highest BCUT2D eigenvalue weighted by Gasteiger charge is 2.13. The first kappa shape index (κ1) is 16.1. The highest BCUT2D eigenvalue weighted by atomic mass is 32.2. The standard InChI is InChI=1S/C14H23NO3S/c1-5-10(2)19-14-9-12(17-3)11(6-7-15-16)8-13(14)18-4/h8-10,15-16H,5-7H2,1-4H3/t10-/m1/s1. The number of benzene rings is 1. The van der Waals surface area contributed by atoms with Gasteiger partial charge in [0.25, 0.3) is 0 Å². The maximum atomic E-state index is 8.70. The number of hydrogen-bond acceptors (Lipinski definition) is 5. The van der Waals surface area contributed by atoms with Crippen molar-refractivity contribution in [3.63, 3.8) is 0 Å². The summed E-state index contributed by atoms with van der Waals surface area (Å²) in [6, 6.07) is 4.00. The van der Waals surface area contributed by atoms with E-state index in [0.29, 0.717) is 18.2 Å². The second-order valence-electron chi connectivity index (χ2n) is 4.31. The molecule has 4 nitrogen and oxygen atoms in total. The van der Waals surface area contributed by atoms with Crippen LogP contribution in [0.1, 0.15) is 25.8 Å². The van der Waals surface area contributed by atoms with Crippen LogP contribution in [0.5, 0.6) is 11.5 Å². The molecule has 1 aromatic rings. The summed E-state index contributed by atoms with van der Waals surface area (Å²) in [4.78, 5) is 1.09. The minimum absolute atomic E-state index is 0.483. The molecule has 19 heavy (non-hydrogen) atoms. The van der Waals surface area contributed by atoms with Crippen molar-refractivity contribution in [3.05, 3.63) is 17.7 Å². The van der Waals surface area contributed by atoms with Crippen molar-refractivity contribution < 1.29 is 14.7 Å². The van der Waals surface area contributed by atoms with Gasteiger partial charge in [0, 0.05) is 11.8 Å². The van der Waals surface area contributed by atoms with Gasteiger partial charge in [0.2, 0.25) is 0 Å². The van der Waals surface area contributed by atoms with Crippen LogP contribution in [0.25, 0.3) is 0 Å². The highest BCUT2D eigenvalue weighted by Crippen LogP contribution is 2.38. The summed E-state index contributed by atoms with van der Waals surface area (Å²) >= 11 is 1.79. The van der Waals surface area contributed by atoms with E-state index in [-0.39, 0.29) is 0 Å². The molecule has 1 atom stereocenters. The number of methoxy groups -OCH3 is 2. The molecule has 0 saturated heterocycles. The van der Waals surface area contributed by atoms with Gasteiger partial charge < -0.3 is 14.7 Å². The van der Waals surface area contributed by atoms with Crippen molar-refractivity contribution in [1.29, 1.82) is 0 Å². The van der Waals surface area contributed by atoms with Crippen LogP contribution in [0.2, 0.25) is 0 Å². The maximum Gasteiger partial charge on any atom is 0.132 e. The van der Waals surface area contributed by atoms with E-state index in [4.69, 9.17) is 14.7 Å². The summed E-state index contributed by atoms with van der Waals surface area (Å²) in [5.74, 6) is 1.70. The van der Waals surface area contributed by atoms with Crippen LogP contribution in [0.4, 0.5) is 0 Å². The smallest absolute Gasteiger partial charge is 0.132 e. The van der Waals surface area contributed by atoms with Gasteiger partial charge in [-0.05, 0) is 30.5 Å². The summed E-state index contributed by atoms with van der Waals surface area (Å²) in [7, 11) is 3.34. The number of rotatable bonds is 8. The zero-order valence-corrected chi connectivity index (χ0v) is 12.8. The van der Waals surface area contributed by atoms with Crippen LogP contribution in [0.3, 0.4) is 0 Å². The number of ether oxygens (including phenoxy) is 2. The summed E-state index contributed by atoms with van der Waals surface area (Å²) in [5.41, 5.74) is 3.18. The lowest BCUT2D eigenvalue weighted by molar-refractivity contribution is 0.168. The molecule has 108 valence electrons. The summed E-state index contributed by atoms with van der Waals surface area (Å²) in [5, 5.41) is 9.23. The SMILES string of the molecule is CC[C@@H](C)Sc1cc(OC)c(CCNO)cc1OC. The summed E-state index contributed by atoms with van der Waals surface area (Å²) < 4.78 is 10.9. The van der Waals surface area contributed by atoms with Crippen LogP contribution in [0, 0.1) is 0 Å². The third-order valence-corrected chi connectivity index (χ3v) is 4.28. The predicted octanol–water partition coefficient (Wildman–Crippen LogP) is 3.12. The molecule has 0 amide bonds. The van der Waals surface area contributed by atoms with E-state index < -0.39 is 0 Å². The van der Waals surface area contributed by atoms with E-state index in [1.165, 1.54) is 0 Å². The second-order valence-corrected chi connectivity index (χ2v) is 5.79. The largest absolute Gasteiger partial charge is 0.496 e. The van der Waals surface area contributed by atoms with E-state index in [2.05, 4.69) is 19.3 Å². The Morgan fingerprint density at radius 2 is 1.95 bits per heavy atom. The minimum Gasteiger partial charge on any atom is -0.496 e. The third-order valence-electron chi connectivity index (χ3n) is 2.98. The molecule has 0 unspecified atom stereocenters. The second kappa shape index (κ2) is 8.30. The van der Waals surface area contributed by atoms with Gasteiger partial charge in [-0.25, -0.2) is 5.48 Å². The molecular formula is C14H23NO3S. The Bertz CT molecular complexity index is 399. The molecule has 1 aromatic carbocycles. The average molecular weight is 285 g/mol. The molecule has 0 aliphatic rings. The van der Waals surface area contributed by atoms with Crippen LogP contribution in [-0.2, 0) is 6.42 Å². The van der Waals surface area contributed by atoms with E-state index in [0.717, 1.165) is 28.4 Å². The van der Waals surface area contributed by atoms with Crippen molar-refractivity contribution in [3.8, 4) is 11.5 Å². The number of hydroxylamine groups is 1. The van der Waals surface area contributed by atoms with E-state index in [9.17, 15) is 0 Å². The minimum atomic E-state index is 0.483. The van der Waals surface area contributed by atoms with Gasteiger partial charge >= 0.3 is 0 Å². The van der Waals surface area contributed by atoms with Crippen molar-refractivity contribution in [1.82, 2.24) is 5.48 Å². The molecule has 0 radical (unpaired) electrons. The molecule has 0 aliphatic carbocycles. The lowest BCUT2D eigenvalue weighted by Gasteiger charge is -2.16. The van der Waals surface area contributed by atoms with Crippen molar-refractivity contribution in [2.24, 2.45) is 0 Å². The quantitative estimate of drug-likeness (QED) is 0.568. The molecular weight excluding hydrogens is 262 g/mol. The topological polar surface area (TPSA) is 50.7 Å². The van der Waals surface area contributed by atoms with Gasteiger partial charge in [-0.15, -0.1) is 11.8 Å². The first-order chi connectivity index (χ1) is 9.15. The van der Waals surface area contributed by atoms with Gasteiger partial charge in [-0.2, -0.15) is 0 Å². The number of hydrogen-bond donors (Lipinski definition) is 2. The third kappa shape index (κ3) is 4.60. The van der Waals surface area contributed by atoms with Crippen molar-refractivity contribution in [2.45, 2.75) is 36.8 Å². The van der Waals surface area contributed by atoms with Gasteiger partial charge in [-0.3, -0.25) is 0 Å². The average Bonchev–Trinajstić information content (AvgIpc) is 2.44. The van der Waals surface area contributed by atoms with Crippen LogP contribution < -0.4 is 15.0 Å². The zero-order chi connectivity index (χ0) is 14.3. The molecule has 5 heteroatoms. The Morgan fingerprint density at radius 3 is 2.47 bits per heavy atom. The Kier molecular flexibility index (Phi) is 7.05. The zero-order valence-electron chi connectivity index (χ0n) is 12.0. The fourth-order valence-electron chi connectivity index (χ4n) is 1.71.